The molecular weight excluding hydrogens is 292 g/mol. The molecule has 3 rings (SSSR count). The Morgan fingerprint density at radius 3 is 2.78 bits per heavy atom. The van der Waals surface area contributed by atoms with Crippen LogP contribution >= 0.6 is 0 Å². The van der Waals surface area contributed by atoms with E-state index in [2.05, 4.69) is 25.7 Å². The van der Waals surface area contributed by atoms with Crippen LogP contribution in [0.15, 0.2) is 43.0 Å². The highest BCUT2D eigenvalue weighted by Gasteiger charge is 2.09. The Bertz CT molecular complexity index is 809. The zero-order valence-corrected chi connectivity index (χ0v) is 13.0. The van der Waals surface area contributed by atoms with E-state index in [1.54, 1.807) is 10.7 Å². The largest absolute Gasteiger partial charge is 0.352 e. The van der Waals surface area contributed by atoms with Crippen molar-refractivity contribution in [2.75, 3.05) is 5.32 Å². The smallest absolute Gasteiger partial charge is 0.254 e. The van der Waals surface area contributed by atoms with E-state index in [0.717, 1.165) is 11.1 Å². The molecule has 0 aliphatic carbocycles. The van der Waals surface area contributed by atoms with Crippen LogP contribution in [0, 0.1) is 0 Å². The maximum atomic E-state index is 12.2. The van der Waals surface area contributed by atoms with Crippen LogP contribution in [-0.2, 0) is 6.54 Å². The summed E-state index contributed by atoms with van der Waals surface area (Å²) in [6.45, 7) is 4.42. The first-order chi connectivity index (χ1) is 11.1. The Hall–Kier alpha value is -2.96. The lowest BCUT2D eigenvalue weighted by molar-refractivity contribution is 0.0950. The normalized spacial score (nSPS) is 10.9. The summed E-state index contributed by atoms with van der Waals surface area (Å²) in [7, 11) is 0. The van der Waals surface area contributed by atoms with Crippen molar-refractivity contribution in [3.63, 3.8) is 0 Å². The van der Waals surface area contributed by atoms with Gasteiger partial charge >= 0.3 is 0 Å². The molecular formula is C16H18N6O. The molecule has 0 atom stereocenters. The van der Waals surface area contributed by atoms with E-state index in [-0.39, 0.29) is 11.9 Å². The number of carbonyl (C=O) groups is 1. The van der Waals surface area contributed by atoms with Crippen LogP contribution in [0.2, 0.25) is 0 Å². The molecule has 118 valence electrons. The van der Waals surface area contributed by atoms with Crippen molar-refractivity contribution < 1.29 is 4.79 Å². The molecule has 0 aliphatic heterocycles. The fraction of sp³-hybridized carbons (Fsp3) is 0.250. The monoisotopic (exact) mass is 310 g/mol. The Morgan fingerprint density at radius 1 is 1.26 bits per heavy atom. The topological polar surface area (TPSA) is 84.2 Å². The first-order valence-corrected chi connectivity index (χ1v) is 7.41. The lowest BCUT2D eigenvalue weighted by Gasteiger charge is -2.09. The summed E-state index contributed by atoms with van der Waals surface area (Å²) >= 11 is 0. The summed E-state index contributed by atoms with van der Waals surface area (Å²) in [6.07, 6.45) is 6.64. The first-order valence-electron chi connectivity index (χ1n) is 7.41. The Kier molecular flexibility index (Phi) is 4.18. The molecule has 2 N–H and O–H groups in total. The lowest BCUT2D eigenvalue weighted by Crippen LogP contribution is -2.23. The van der Waals surface area contributed by atoms with Crippen molar-refractivity contribution in [1.82, 2.24) is 24.9 Å². The van der Waals surface area contributed by atoms with Gasteiger partial charge in [0, 0.05) is 37.4 Å². The molecule has 0 aromatic carbocycles. The van der Waals surface area contributed by atoms with Crippen molar-refractivity contribution >= 4 is 17.4 Å². The SMILES string of the molecule is CC(C)Nc1ncc(C(=O)NCc2cccn3nccc23)cn1. The van der Waals surface area contributed by atoms with Gasteiger partial charge in [0.1, 0.15) is 0 Å². The minimum atomic E-state index is -0.206. The number of aromatic nitrogens is 4. The molecule has 3 aromatic rings. The first kappa shape index (κ1) is 15.0. The second-order valence-electron chi connectivity index (χ2n) is 5.47. The number of hydrogen-bond donors (Lipinski definition) is 2. The zero-order valence-electron chi connectivity index (χ0n) is 13.0. The Labute approximate surface area is 133 Å². The number of carbonyl (C=O) groups excluding carboxylic acids is 1. The van der Waals surface area contributed by atoms with Crippen LogP contribution in [0.1, 0.15) is 29.8 Å². The summed E-state index contributed by atoms with van der Waals surface area (Å²) in [5.41, 5.74) is 2.40. The van der Waals surface area contributed by atoms with Gasteiger partial charge in [-0.3, -0.25) is 4.79 Å². The predicted octanol–water partition coefficient (Wildman–Crippen LogP) is 1.87. The molecule has 3 heterocycles. The molecule has 0 unspecified atom stereocenters. The van der Waals surface area contributed by atoms with Crippen LogP contribution in [0.4, 0.5) is 5.95 Å². The van der Waals surface area contributed by atoms with Gasteiger partial charge < -0.3 is 10.6 Å². The van der Waals surface area contributed by atoms with E-state index >= 15 is 0 Å². The summed E-state index contributed by atoms with van der Waals surface area (Å²) in [5.74, 6) is 0.309. The van der Waals surface area contributed by atoms with Crippen molar-refractivity contribution in [1.29, 1.82) is 0 Å². The molecule has 23 heavy (non-hydrogen) atoms. The number of pyridine rings is 1. The van der Waals surface area contributed by atoms with Gasteiger partial charge in [0.05, 0.1) is 11.1 Å². The Balaban J connectivity index is 1.66. The minimum Gasteiger partial charge on any atom is -0.352 e. The standard InChI is InChI=1S/C16H18N6O/c1-11(2)21-16-18-9-13(10-19-16)15(23)17-8-12-4-3-7-22-14(12)5-6-20-22/h3-7,9-11H,8H2,1-2H3,(H,17,23)(H,18,19,21). The number of anilines is 1. The molecule has 0 spiro atoms. The van der Waals surface area contributed by atoms with Crippen molar-refractivity contribution in [2.45, 2.75) is 26.4 Å². The van der Waals surface area contributed by atoms with E-state index < -0.39 is 0 Å². The minimum absolute atomic E-state index is 0.206. The fourth-order valence-corrected chi connectivity index (χ4v) is 2.22. The molecule has 0 fully saturated rings. The average Bonchev–Trinajstić information content (AvgIpc) is 3.02. The number of nitrogens with zero attached hydrogens (tertiary/aromatic N) is 4. The van der Waals surface area contributed by atoms with Gasteiger partial charge in [0.2, 0.25) is 5.95 Å². The number of rotatable bonds is 5. The second kappa shape index (κ2) is 6.43. The molecule has 0 radical (unpaired) electrons. The molecule has 0 aliphatic rings. The highest BCUT2D eigenvalue weighted by Crippen LogP contribution is 2.10. The third-order valence-electron chi connectivity index (χ3n) is 3.30. The van der Waals surface area contributed by atoms with E-state index in [9.17, 15) is 4.79 Å². The third kappa shape index (κ3) is 3.45. The van der Waals surface area contributed by atoms with Gasteiger partial charge in [-0.25, -0.2) is 14.5 Å². The van der Waals surface area contributed by atoms with Gasteiger partial charge in [-0.05, 0) is 31.5 Å². The molecule has 7 nitrogen and oxygen atoms in total. The van der Waals surface area contributed by atoms with E-state index in [4.69, 9.17) is 0 Å². The van der Waals surface area contributed by atoms with Gasteiger partial charge in [-0.2, -0.15) is 5.10 Å². The fourth-order valence-electron chi connectivity index (χ4n) is 2.22. The van der Waals surface area contributed by atoms with Crippen LogP contribution < -0.4 is 10.6 Å². The molecule has 7 heteroatoms. The molecule has 0 bridgehead atoms. The molecule has 1 amide bonds. The van der Waals surface area contributed by atoms with Crippen molar-refractivity contribution in [2.24, 2.45) is 0 Å². The summed E-state index contributed by atoms with van der Waals surface area (Å²) in [4.78, 5) is 20.5. The number of amides is 1. The quantitative estimate of drug-likeness (QED) is 0.751. The van der Waals surface area contributed by atoms with Gasteiger partial charge in [0.15, 0.2) is 0 Å². The summed E-state index contributed by atoms with van der Waals surface area (Å²) < 4.78 is 1.77. The highest BCUT2D eigenvalue weighted by molar-refractivity contribution is 5.93. The van der Waals surface area contributed by atoms with Crippen LogP contribution in [0.25, 0.3) is 5.52 Å². The molecule has 0 saturated carbocycles. The predicted molar refractivity (Wildman–Crippen MR) is 87.2 cm³/mol. The van der Waals surface area contributed by atoms with Gasteiger partial charge in [-0.15, -0.1) is 0 Å². The number of fused-ring (bicyclic) bond motifs is 1. The van der Waals surface area contributed by atoms with E-state index in [1.807, 2.05) is 38.2 Å². The number of nitrogens with one attached hydrogen (secondary N) is 2. The second-order valence-corrected chi connectivity index (χ2v) is 5.47. The zero-order chi connectivity index (χ0) is 16.2. The molecule has 0 saturated heterocycles. The Morgan fingerprint density at radius 2 is 2.04 bits per heavy atom. The van der Waals surface area contributed by atoms with Crippen LogP contribution in [0.5, 0.6) is 0 Å². The van der Waals surface area contributed by atoms with Crippen LogP contribution in [-0.4, -0.2) is 31.5 Å². The van der Waals surface area contributed by atoms with Gasteiger partial charge in [-0.1, -0.05) is 6.07 Å². The van der Waals surface area contributed by atoms with Crippen molar-refractivity contribution in [3.8, 4) is 0 Å². The maximum absolute atomic E-state index is 12.2. The molecule has 3 aromatic heterocycles. The highest BCUT2D eigenvalue weighted by atomic mass is 16.1. The van der Waals surface area contributed by atoms with Crippen LogP contribution in [0.3, 0.4) is 0 Å². The van der Waals surface area contributed by atoms with Crippen molar-refractivity contribution in [3.05, 3.63) is 54.1 Å². The van der Waals surface area contributed by atoms with E-state index in [0.29, 0.717) is 18.1 Å². The number of hydrogen-bond acceptors (Lipinski definition) is 5. The van der Waals surface area contributed by atoms with E-state index in [1.165, 1.54) is 12.4 Å². The van der Waals surface area contributed by atoms with Gasteiger partial charge in [0.25, 0.3) is 5.91 Å². The maximum Gasteiger partial charge on any atom is 0.254 e. The summed E-state index contributed by atoms with van der Waals surface area (Å²) in [5, 5.41) is 10.1. The summed E-state index contributed by atoms with van der Waals surface area (Å²) in [6, 6.07) is 6.02. The third-order valence-corrected chi connectivity index (χ3v) is 3.30. The lowest BCUT2D eigenvalue weighted by atomic mass is 10.2. The average molecular weight is 310 g/mol.